The van der Waals surface area contributed by atoms with Crippen LogP contribution in [0.15, 0.2) is 42.6 Å². The molecule has 1 aromatic carbocycles. The summed E-state index contributed by atoms with van der Waals surface area (Å²) in [5.74, 6) is 0.150. The van der Waals surface area contributed by atoms with Crippen molar-refractivity contribution in [3.05, 3.63) is 53.2 Å². The number of pyridine rings is 1. The summed E-state index contributed by atoms with van der Waals surface area (Å²) in [4.78, 5) is 24.7. The van der Waals surface area contributed by atoms with E-state index in [1.807, 2.05) is 36.4 Å². The number of benzene rings is 1. The van der Waals surface area contributed by atoms with E-state index in [9.17, 15) is 4.79 Å². The number of hydrogen-bond acceptors (Lipinski definition) is 5. The molecule has 1 saturated heterocycles. The summed E-state index contributed by atoms with van der Waals surface area (Å²) >= 11 is 7.76. The van der Waals surface area contributed by atoms with Crippen LogP contribution in [0.1, 0.15) is 18.4 Å². The Morgan fingerprint density at radius 1 is 1.23 bits per heavy atom. The Kier molecular flexibility index (Phi) is 5.04. The molecule has 1 aliphatic rings. The van der Waals surface area contributed by atoms with Gasteiger partial charge in [0.05, 0.1) is 0 Å². The molecule has 0 aliphatic carbocycles. The van der Waals surface area contributed by atoms with Crippen molar-refractivity contribution in [2.75, 3.05) is 18.0 Å². The quantitative estimate of drug-likeness (QED) is 0.739. The number of nitrogens with zero attached hydrogens (tertiary/aromatic N) is 3. The maximum absolute atomic E-state index is 12.5. The van der Waals surface area contributed by atoms with Gasteiger partial charge in [0.25, 0.3) is 0 Å². The van der Waals surface area contributed by atoms with Gasteiger partial charge in [-0.15, -0.1) is 0 Å². The maximum Gasteiger partial charge on any atom is 0.223 e. The number of hydrogen-bond donors (Lipinski definition) is 1. The van der Waals surface area contributed by atoms with E-state index >= 15 is 0 Å². The van der Waals surface area contributed by atoms with Gasteiger partial charge in [0.15, 0.2) is 5.13 Å². The van der Waals surface area contributed by atoms with E-state index in [-0.39, 0.29) is 11.8 Å². The van der Waals surface area contributed by atoms with Crippen molar-refractivity contribution < 1.29 is 4.79 Å². The molecule has 5 nitrogen and oxygen atoms in total. The van der Waals surface area contributed by atoms with E-state index < -0.39 is 0 Å². The second kappa shape index (κ2) is 7.60. The predicted octanol–water partition coefficient (Wildman–Crippen LogP) is 3.88. The highest BCUT2D eigenvalue weighted by Crippen LogP contribution is 2.30. The van der Waals surface area contributed by atoms with Crippen LogP contribution in [0.25, 0.3) is 10.3 Å². The molecule has 0 radical (unpaired) electrons. The molecular weight excluding hydrogens is 368 g/mol. The number of rotatable bonds is 4. The lowest BCUT2D eigenvalue weighted by atomic mass is 9.96. The number of halogens is 1. The molecule has 4 rings (SSSR count). The van der Waals surface area contributed by atoms with Crippen molar-refractivity contribution in [2.45, 2.75) is 19.4 Å². The van der Waals surface area contributed by atoms with Crippen molar-refractivity contribution in [3.63, 3.8) is 0 Å². The lowest BCUT2D eigenvalue weighted by Gasteiger charge is -2.31. The summed E-state index contributed by atoms with van der Waals surface area (Å²) in [5.41, 5.74) is 1.88. The molecular formula is C19H19ClN4OS. The van der Waals surface area contributed by atoms with Gasteiger partial charge in [-0.3, -0.25) is 4.79 Å². The predicted molar refractivity (Wildman–Crippen MR) is 106 cm³/mol. The first kappa shape index (κ1) is 17.2. The van der Waals surface area contributed by atoms with E-state index in [1.165, 1.54) is 0 Å². The Labute approximate surface area is 161 Å². The molecule has 0 atom stereocenters. The normalized spacial score (nSPS) is 15.3. The molecule has 2 aromatic heterocycles. The average molecular weight is 387 g/mol. The van der Waals surface area contributed by atoms with Gasteiger partial charge in [-0.05, 0) is 36.6 Å². The number of piperidine rings is 1. The second-order valence-electron chi connectivity index (χ2n) is 6.39. The monoisotopic (exact) mass is 386 g/mol. The molecule has 0 unspecified atom stereocenters. The SMILES string of the molecule is O=C(NCc1ccccc1Cl)C1CCN(c2nc3cccnc3s2)CC1. The molecule has 0 bridgehead atoms. The first-order valence-electron chi connectivity index (χ1n) is 8.68. The van der Waals surface area contributed by atoms with Gasteiger partial charge in [0.2, 0.25) is 5.91 Å². The van der Waals surface area contributed by atoms with Gasteiger partial charge in [0, 0.05) is 36.8 Å². The first-order valence-corrected chi connectivity index (χ1v) is 9.88. The molecule has 1 amide bonds. The molecule has 1 N–H and O–H groups in total. The summed E-state index contributed by atoms with van der Waals surface area (Å²) in [6, 6.07) is 11.5. The minimum absolute atomic E-state index is 0.0428. The third-order valence-corrected chi connectivity index (χ3v) is 6.11. The highest BCUT2D eigenvalue weighted by molar-refractivity contribution is 7.21. The number of carbonyl (C=O) groups is 1. The van der Waals surface area contributed by atoms with Crippen LogP contribution in [0.3, 0.4) is 0 Å². The minimum atomic E-state index is 0.0428. The maximum atomic E-state index is 12.5. The Bertz CT molecular complexity index is 888. The van der Waals surface area contributed by atoms with Crippen LogP contribution in [-0.2, 0) is 11.3 Å². The first-order chi connectivity index (χ1) is 12.7. The van der Waals surface area contributed by atoms with E-state index in [1.54, 1.807) is 17.5 Å². The van der Waals surface area contributed by atoms with Crippen LogP contribution in [0.4, 0.5) is 5.13 Å². The molecule has 1 fully saturated rings. The number of thiazole rings is 1. The Balaban J connectivity index is 1.33. The third-order valence-electron chi connectivity index (χ3n) is 4.70. The lowest BCUT2D eigenvalue weighted by Crippen LogP contribution is -2.40. The molecule has 26 heavy (non-hydrogen) atoms. The highest BCUT2D eigenvalue weighted by atomic mass is 35.5. The smallest absolute Gasteiger partial charge is 0.223 e. The highest BCUT2D eigenvalue weighted by Gasteiger charge is 2.26. The Morgan fingerprint density at radius 3 is 2.81 bits per heavy atom. The number of carbonyl (C=O) groups excluding carboxylic acids is 1. The summed E-state index contributed by atoms with van der Waals surface area (Å²) in [7, 11) is 0. The van der Waals surface area contributed by atoms with E-state index in [2.05, 4.69) is 20.2 Å². The van der Waals surface area contributed by atoms with Gasteiger partial charge in [-0.25, -0.2) is 9.97 Å². The van der Waals surface area contributed by atoms with Crippen LogP contribution in [0.2, 0.25) is 5.02 Å². The van der Waals surface area contributed by atoms with Gasteiger partial charge in [-0.1, -0.05) is 41.1 Å². The van der Waals surface area contributed by atoms with Gasteiger partial charge < -0.3 is 10.2 Å². The molecule has 3 aromatic rings. The van der Waals surface area contributed by atoms with E-state index in [4.69, 9.17) is 11.6 Å². The topological polar surface area (TPSA) is 58.1 Å². The van der Waals surface area contributed by atoms with Crippen molar-refractivity contribution in [3.8, 4) is 0 Å². The average Bonchev–Trinajstić information content (AvgIpc) is 3.11. The van der Waals surface area contributed by atoms with Crippen molar-refractivity contribution >= 4 is 44.3 Å². The molecule has 7 heteroatoms. The van der Waals surface area contributed by atoms with Crippen molar-refractivity contribution in [2.24, 2.45) is 5.92 Å². The summed E-state index contributed by atoms with van der Waals surface area (Å²) < 4.78 is 0. The number of fused-ring (bicyclic) bond motifs is 1. The van der Waals surface area contributed by atoms with Crippen LogP contribution in [-0.4, -0.2) is 29.0 Å². The Morgan fingerprint density at radius 2 is 2.04 bits per heavy atom. The fourth-order valence-electron chi connectivity index (χ4n) is 3.20. The molecule has 134 valence electrons. The summed E-state index contributed by atoms with van der Waals surface area (Å²) in [6.45, 7) is 2.15. The van der Waals surface area contributed by atoms with Crippen LogP contribution < -0.4 is 10.2 Å². The van der Waals surface area contributed by atoms with E-state index in [0.717, 1.165) is 47.0 Å². The number of aromatic nitrogens is 2. The number of nitrogens with one attached hydrogen (secondary N) is 1. The standard InChI is InChI=1S/C19H19ClN4OS/c20-15-5-2-1-4-14(15)12-22-17(25)13-7-10-24(11-8-13)19-23-16-6-3-9-21-18(16)26-19/h1-6,9,13H,7-8,10-12H2,(H,22,25). The second-order valence-corrected chi connectivity index (χ2v) is 7.76. The minimum Gasteiger partial charge on any atom is -0.352 e. The third kappa shape index (κ3) is 3.66. The molecule has 0 spiro atoms. The van der Waals surface area contributed by atoms with Crippen molar-refractivity contribution in [1.82, 2.24) is 15.3 Å². The number of anilines is 1. The molecule has 1 aliphatic heterocycles. The molecule has 3 heterocycles. The van der Waals surface area contributed by atoms with Crippen molar-refractivity contribution in [1.29, 1.82) is 0 Å². The van der Waals surface area contributed by atoms with Crippen LogP contribution in [0, 0.1) is 5.92 Å². The zero-order valence-electron chi connectivity index (χ0n) is 14.2. The lowest BCUT2D eigenvalue weighted by molar-refractivity contribution is -0.125. The Hall–Kier alpha value is -2.18. The zero-order valence-corrected chi connectivity index (χ0v) is 15.8. The van der Waals surface area contributed by atoms with Gasteiger partial charge in [0.1, 0.15) is 10.3 Å². The summed E-state index contributed by atoms with van der Waals surface area (Å²) in [6.07, 6.45) is 3.45. The van der Waals surface area contributed by atoms with Crippen LogP contribution in [0.5, 0.6) is 0 Å². The summed E-state index contributed by atoms with van der Waals surface area (Å²) in [5, 5.41) is 4.70. The van der Waals surface area contributed by atoms with Gasteiger partial charge >= 0.3 is 0 Å². The number of amides is 1. The van der Waals surface area contributed by atoms with E-state index in [0.29, 0.717) is 11.6 Å². The fourth-order valence-corrected chi connectivity index (χ4v) is 4.36. The zero-order chi connectivity index (χ0) is 17.9. The van der Waals surface area contributed by atoms with Gasteiger partial charge in [-0.2, -0.15) is 0 Å². The van der Waals surface area contributed by atoms with Crippen LogP contribution >= 0.6 is 22.9 Å². The molecule has 0 saturated carbocycles. The largest absolute Gasteiger partial charge is 0.352 e. The fraction of sp³-hybridized carbons (Fsp3) is 0.316.